The molecule has 0 saturated heterocycles. The minimum Gasteiger partial charge on any atom is -0.355 e. The number of aromatic nitrogens is 4. The third-order valence-electron chi connectivity index (χ3n) is 5.65. The molecule has 6 heteroatoms. The third kappa shape index (κ3) is 2.81. The Morgan fingerprint density at radius 1 is 0.594 bits per heavy atom. The number of hydrogen-bond acceptors (Lipinski definition) is 4. The lowest BCUT2D eigenvalue weighted by molar-refractivity contribution is 1.28. The fourth-order valence-corrected chi connectivity index (χ4v) is 4.17. The maximum absolute atomic E-state index is 4.91. The van der Waals surface area contributed by atoms with Crippen LogP contribution in [0.4, 0.5) is 0 Å². The lowest BCUT2D eigenvalue weighted by Crippen LogP contribution is -2.12. The van der Waals surface area contributed by atoms with Gasteiger partial charge in [-0.05, 0) is 72.9 Å². The molecule has 6 heterocycles. The predicted octanol–water partition coefficient (Wildman–Crippen LogP) is 3.37. The van der Waals surface area contributed by atoms with Crippen molar-refractivity contribution in [3.05, 3.63) is 94.2 Å². The number of nitrogens with zero attached hydrogens (tertiary/aromatic N) is 4. The zero-order chi connectivity index (χ0) is 21.1. The van der Waals surface area contributed by atoms with Gasteiger partial charge in [0.1, 0.15) is 5.69 Å². The van der Waals surface area contributed by atoms with E-state index in [4.69, 9.17) is 20.0 Å². The van der Waals surface area contributed by atoms with Crippen molar-refractivity contribution < 1.29 is 0 Å². The Balaban J connectivity index is 1.52. The first-order valence-corrected chi connectivity index (χ1v) is 10.4. The summed E-state index contributed by atoms with van der Waals surface area (Å²) in [5.74, 6) is 0. The van der Waals surface area contributed by atoms with Gasteiger partial charge in [-0.3, -0.25) is 0 Å². The summed E-state index contributed by atoms with van der Waals surface area (Å²) in [5.41, 5.74) is 8.63. The number of hydrogen-bond donors (Lipinski definition) is 2. The average molecular weight is 412 g/mol. The second kappa shape index (κ2) is 6.46. The van der Waals surface area contributed by atoms with E-state index < -0.39 is 0 Å². The normalized spacial score (nSPS) is 16.5. The molecule has 8 bridgehead atoms. The molecule has 0 atom stereocenters. The summed E-state index contributed by atoms with van der Waals surface area (Å²) in [5, 5.41) is 1.99. The monoisotopic (exact) mass is 412 g/mol. The molecule has 0 fully saturated rings. The van der Waals surface area contributed by atoms with Crippen molar-refractivity contribution in [3.8, 4) is 11.4 Å². The summed E-state index contributed by atoms with van der Waals surface area (Å²) in [6, 6.07) is 12.1. The van der Waals surface area contributed by atoms with E-state index in [9.17, 15) is 0 Å². The first kappa shape index (κ1) is 17.1. The van der Waals surface area contributed by atoms with Gasteiger partial charge in [-0.15, -0.1) is 0 Å². The summed E-state index contributed by atoms with van der Waals surface area (Å²) in [6.45, 7) is 0. The van der Waals surface area contributed by atoms with Crippen LogP contribution in [0.1, 0.15) is 11.4 Å². The lowest BCUT2D eigenvalue weighted by atomic mass is 10.2. The fraction of sp³-hybridized carbons (Fsp3) is 0. The van der Waals surface area contributed by atoms with E-state index in [0.717, 1.165) is 67.3 Å². The molecule has 1 aromatic carbocycles. The molecule has 1 aromatic heterocycles. The number of aliphatic imine (C=N–C) groups is 2. The van der Waals surface area contributed by atoms with Crippen LogP contribution in [0.2, 0.25) is 0 Å². The number of para-hydroxylation sites is 2. The van der Waals surface area contributed by atoms with E-state index in [0.29, 0.717) is 0 Å². The largest absolute Gasteiger partial charge is 0.355 e. The van der Waals surface area contributed by atoms with Crippen LogP contribution in [-0.2, 0) is 0 Å². The number of rotatable bonds is 0. The van der Waals surface area contributed by atoms with E-state index in [2.05, 4.69) is 9.97 Å². The van der Waals surface area contributed by atoms with Crippen molar-refractivity contribution in [2.24, 2.45) is 9.98 Å². The van der Waals surface area contributed by atoms with Gasteiger partial charge in [-0.1, -0.05) is 12.1 Å². The van der Waals surface area contributed by atoms with Gasteiger partial charge in [0.15, 0.2) is 0 Å². The third-order valence-corrected chi connectivity index (χ3v) is 5.65. The number of benzene rings is 1. The van der Waals surface area contributed by atoms with Gasteiger partial charge in [0.25, 0.3) is 0 Å². The molecule has 0 amide bonds. The van der Waals surface area contributed by atoms with Gasteiger partial charge >= 0.3 is 0 Å². The van der Waals surface area contributed by atoms with Crippen LogP contribution in [0.25, 0.3) is 46.7 Å². The molecule has 0 unspecified atom stereocenters. The minimum absolute atomic E-state index is 0.783. The number of nitrogens with one attached hydrogen (secondary N) is 2. The highest BCUT2D eigenvalue weighted by molar-refractivity contribution is 6.20. The van der Waals surface area contributed by atoms with E-state index >= 15 is 0 Å². The van der Waals surface area contributed by atoms with E-state index in [-0.39, 0.29) is 0 Å². The average Bonchev–Trinajstić information content (AvgIpc) is 3.58. The van der Waals surface area contributed by atoms with Crippen LogP contribution in [0.3, 0.4) is 0 Å². The van der Waals surface area contributed by atoms with Gasteiger partial charge in [0, 0.05) is 10.7 Å². The van der Waals surface area contributed by atoms with Crippen molar-refractivity contribution in [1.29, 1.82) is 0 Å². The number of fused-ring (bicyclic) bond motifs is 10. The zero-order valence-corrected chi connectivity index (χ0v) is 16.9. The number of aromatic amines is 2. The molecule has 0 aliphatic carbocycles. The van der Waals surface area contributed by atoms with Crippen molar-refractivity contribution in [3.63, 3.8) is 0 Å². The summed E-state index contributed by atoms with van der Waals surface area (Å²) in [4.78, 5) is 26.2. The van der Waals surface area contributed by atoms with Gasteiger partial charge in [0.2, 0.25) is 0 Å². The molecule has 150 valence electrons. The minimum atomic E-state index is 0.783. The van der Waals surface area contributed by atoms with Crippen LogP contribution in [0.15, 0.2) is 82.1 Å². The molecule has 5 aliphatic heterocycles. The second-order valence-corrected chi connectivity index (χ2v) is 7.90. The molecule has 0 spiro atoms. The van der Waals surface area contributed by atoms with Crippen LogP contribution < -0.4 is 10.7 Å². The highest BCUT2D eigenvalue weighted by Gasteiger charge is 2.20. The van der Waals surface area contributed by atoms with E-state index in [1.54, 1.807) is 0 Å². The van der Waals surface area contributed by atoms with Crippen molar-refractivity contribution in [2.45, 2.75) is 0 Å². The van der Waals surface area contributed by atoms with E-state index in [1.807, 2.05) is 85.0 Å². The fourth-order valence-electron chi connectivity index (χ4n) is 4.17. The Morgan fingerprint density at radius 3 is 2.03 bits per heavy atom. The molecule has 6 nitrogen and oxygen atoms in total. The Morgan fingerprint density at radius 2 is 1.28 bits per heavy atom. The maximum Gasteiger partial charge on any atom is 0.115 e. The first-order valence-electron chi connectivity index (χ1n) is 10.4. The second-order valence-electron chi connectivity index (χ2n) is 7.90. The van der Waals surface area contributed by atoms with Gasteiger partial charge in [-0.25, -0.2) is 20.0 Å². The Bertz CT molecular complexity index is 1590. The molecule has 2 N–H and O–H groups in total. The van der Waals surface area contributed by atoms with Gasteiger partial charge < -0.3 is 9.97 Å². The van der Waals surface area contributed by atoms with Gasteiger partial charge in [0.05, 0.1) is 50.9 Å². The summed E-state index contributed by atoms with van der Waals surface area (Å²) >= 11 is 0. The smallest absolute Gasteiger partial charge is 0.115 e. The van der Waals surface area contributed by atoms with Crippen LogP contribution in [-0.4, -0.2) is 31.4 Å². The summed E-state index contributed by atoms with van der Waals surface area (Å²) < 4.78 is 0. The van der Waals surface area contributed by atoms with Crippen LogP contribution in [0.5, 0.6) is 0 Å². The molecule has 5 aliphatic rings. The topological polar surface area (TPSA) is 82.1 Å². The SMILES string of the molecule is C1=CC2=NC1=Cc1nc(c3[nH]c4ccccc4nc1-3)C=C1C=CC(=N1)C=c1ccc([nH]1)=C2. The molecule has 2 aromatic rings. The first-order chi connectivity index (χ1) is 15.8. The lowest BCUT2D eigenvalue weighted by Gasteiger charge is -2.04. The number of allylic oxidation sites excluding steroid dienone is 4. The maximum atomic E-state index is 4.91. The Labute approximate surface area is 182 Å². The summed E-state index contributed by atoms with van der Waals surface area (Å²) in [7, 11) is 0. The van der Waals surface area contributed by atoms with E-state index in [1.165, 1.54) is 0 Å². The van der Waals surface area contributed by atoms with Crippen molar-refractivity contribution >= 4 is 46.8 Å². The molecule has 0 saturated carbocycles. The molecule has 0 radical (unpaired) electrons. The summed E-state index contributed by atoms with van der Waals surface area (Å²) in [6.07, 6.45) is 16.0. The standard InChI is InChI=1S/C26H16N6/c1-2-4-22-21(3-1)31-25-23-13-19-9-7-17(28-19)11-15-5-6-16(27-15)12-18-8-10-20(29-18)14-24(30-23)26(25)32-22/h1-14,27,31H. The Kier molecular flexibility index (Phi) is 3.46. The quantitative estimate of drug-likeness (QED) is 0.464. The molecule has 7 rings (SSSR count). The van der Waals surface area contributed by atoms with Crippen LogP contribution >= 0.6 is 0 Å². The van der Waals surface area contributed by atoms with Crippen molar-refractivity contribution in [2.75, 3.05) is 0 Å². The highest BCUT2D eigenvalue weighted by atomic mass is 14.9. The molecule has 32 heavy (non-hydrogen) atoms. The predicted molar refractivity (Wildman–Crippen MR) is 129 cm³/mol. The highest BCUT2D eigenvalue weighted by Crippen LogP contribution is 2.32. The van der Waals surface area contributed by atoms with Crippen molar-refractivity contribution in [1.82, 2.24) is 19.9 Å². The zero-order valence-electron chi connectivity index (χ0n) is 16.9. The molecular weight excluding hydrogens is 396 g/mol. The Hall–Kier alpha value is -4.58. The van der Waals surface area contributed by atoms with Crippen LogP contribution in [0, 0.1) is 0 Å². The number of H-pyrrole nitrogens is 2. The van der Waals surface area contributed by atoms with Gasteiger partial charge in [-0.2, -0.15) is 0 Å². The molecular formula is C26H16N6.